The molecule has 130 valence electrons. The van der Waals surface area contributed by atoms with Gasteiger partial charge in [0.25, 0.3) is 5.91 Å². The van der Waals surface area contributed by atoms with Gasteiger partial charge in [0.2, 0.25) is 0 Å². The van der Waals surface area contributed by atoms with E-state index in [1.54, 1.807) is 20.8 Å². The number of rotatable bonds is 7. The normalized spacial score (nSPS) is 11.4. The lowest BCUT2D eigenvalue weighted by atomic mass is 10.1. The van der Waals surface area contributed by atoms with Crippen molar-refractivity contribution in [2.75, 3.05) is 26.4 Å². The van der Waals surface area contributed by atoms with Gasteiger partial charge in [0.05, 0.1) is 18.8 Å². The molecule has 9 heteroatoms. The lowest BCUT2D eigenvalue weighted by molar-refractivity contribution is -0.173. The second-order valence-electron chi connectivity index (χ2n) is 4.77. The summed E-state index contributed by atoms with van der Waals surface area (Å²) in [6.07, 6.45) is -4.40. The van der Waals surface area contributed by atoms with Gasteiger partial charge in [-0.15, -0.1) is 0 Å². The zero-order valence-electron chi connectivity index (χ0n) is 13.1. The number of amides is 1. The van der Waals surface area contributed by atoms with Crippen LogP contribution in [-0.2, 0) is 9.47 Å². The van der Waals surface area contributed by atoms with E-state index >= 15 is 0 Å². The van der Waals surface area contributed by atoms with Gasteiger partial charge in [-0.3, -0.25) is 4.79 Å². The SMILES string of the molecule is CCOC(=O)c1c(C)[nH]c(C(=O)NCCOCC(F)(F)F)c1C. The smallest absolute Gasteiger partial charge is 0.411 e. The Kier molecular flexibility index (Phi) is 6.62. The minimum absolute atomic E-state index is 0.0822. The summed E-state index contributed by atoms with van der Waals surface area (Å²) in [5.74, 6) is -1.07. The molecule has 2 N–H and O–H groups in total. The summed E-state index contributed by atoms with van der Waals surface area (Å²) in [6.45, 7) is 3.38. The Morgan fingerprint density at radius 2 is 1.91 bits per heavy atom. The van der Waals surface area contributed by atoms with Gasteiger partial charge in [0.1, 0.15) is 12.3 Å². The van der Waals surface area contributed by atoms with Crippen molar-refractivity contribution >= 4 is 11.9 Å². The Morgan fingerprint density at radius 1 is 1.26 bits per heavy atom. The highest BCUT2D eigenvalue weighted by Crippen LogP contribution is 2.19. The number of aromatic amines is 1. The molecule has 0 bridgehead atoms. The van der Waals surface area contributed by atoms with Crippen molar-refractivity contribution in [2.45, 2.75) is 26.9 Å². The van der Waals surface area contributed by atoms with Crippen LogP contribution in [0.4, 0.5) is 13.2 Å². The Hall–Kier alpha value is -2.03. The summed E-state index contributed by atoms with van der Waals surface area (Å²) in [6, 6.07) is 0. The van der Waals surface area contributed by atoms with Gasteiger partial charge >= 0.3 is 12.1 Å². The quantitative estimate of drug-likeness (QED) is 0.590. The molecule has 1 amide bonds. The Bertz CT molecular complexity index is 567. The largest absolute Gasteiger partial charge is 0.462 e. The van der Waals surface area contributed by atoms with Crippen LogP contribution in [0.5, 0.6) is 0 Å². The average Bonchev–Trinajstić information content (AvgIpc) is 2.72. The van der Waals surface area contributed by atoms with E-state index in [0.29, 0.717) is 11.3 Å². The molecule has 0 atom stereocenters. The molecule has 1 heterocycles. The predicted octanol–water partition coefficient (Wildman–Crippen LogP) is 2.12. The van der Waals surface area contributed by atoms with Crippen molar-refractivity contribution in [3.63, 3.8) is 0 Å². The molecule has 0 saturated carbocycles. The van der Waals surface area contributed by atoms with Gasteiger partial charge < -0.3 is 19.8 Å². The summed E-state index contributed by atoms with van der Waals surface area (Å²) >= 11 is 0. The molecule has 0 aliphatic carbocycles. The number of alkyl halides is 3. The molecule has 0 unspecified atom stereocenters. The van der Waals surface area contributed by atoms with Crippen molar-refractivity contribution in [2.24, 2.45) is 0 Å². The van der Waals surface area contributed by atoms with Crippen molar-refractivity contribution in [1.82, 2.24) is 10.3 Å². The molecule has 0 aliphatic rings. The van der Waals surface area contributed by atoms with Gasteiger partial charge in [0.15, 0.2) is 0 Å². The Balaban J connectivity index is 2.60. The number of aromatic nitrogens is 1. The van der Waals surface area contributed by atoms with E-state index in [4.69, 9.17) is 4.74 Å². The molecule has 1 aromatic rings. The molecule has 0 spiro atoms. The third-order valence-electron chi connectivity index (χ3n) is 2.94. The van der Waals surface area contributed by atoms with Gasteiger partial charge in [-0.05, 0) is 26.3 Å². The average molecular weight is 336 g/mol. The molecule has 1 rings (SSSR count). The standard InChI is InChI=1S/C14H19F3N2O4/c1-4-23-13(21)10-8(2)11(19-9(10)3)12(20)18-5-6-22-7-14(15,16)17/h19H,4-7H2,1-3H3,(H,18,20). The van der Waals surface area contributed by atoms with Crippen LogP contribution in [-0.4, -0.2) is 49.4 Å². The number of hydrogen-bond donors (Lipinski definition) is 2. The first-order valence-corrected chi connectivity index (χ1v) is 6.96. The highest BCUT2D eigenvalue weighted by atomic mass is 19.4. The zero-order valence-corrected chi connectivity index (χ0v) is 13.1. The van der Waals surface area contributed by atoms with Gasteiger partial charge in [-0.1, -0.05) is 0 Å². The van der Waals surface area contributed by atoms with E-state index in [1.165, 1.54) is 0 Å². The summed E-state index contributed by atoms with van der Waals surface area (Å²) in [7, 11) is 0. The molecule has 0 radical (unpaired) electrons. The monoisotopic (exact) mass is 336 g/mol. The zero-order chi connectivity index (χ0) is 17.6. The van der Waals surface area contributed by atoms with Gasteiger partial charge in [-0.25, -0.2) is 4.79 Å². The van der Waals surface area contributed by atoms with Crippen LogP contribution >= 0.6 is 0 Å². The van der Waals surface area contributed by atoms with Crippen LogP contribution in [0.25, 0.3) is 0 Å². The fourth-order valence-corrected chi connectivity index (χ4v) is 2.00. The van der Waals surface area contributed by atoms with E-state index in [9.17, 15) is 22.8 Å². The number of ether oxygens (including phenoxy) is 2. The Labute approximate surface area is 131 Å². The van der Waals surface area contributed by atoms with E-state index in [-0.39, 0.29) is 31.0 Å². The molecule has 0 aromatic carbocycles. The molecule has 0 fully saturated rings. The first kappa shape index (κ1) is 19.0. The third kappa shape index (κ3) is 5.59. The van der Waals surface area contributed by atoms with Crippen LogP contribution in [0.15, 0.2) is 0 Å². The summed E-state index contributed by atoms with van der Waals surface area (Å²) < 4.78 is 45.0. The molecule has 0 saturated heterocycles. The van der Waals surface area contributed by atoms with Crippen LogP contribution in [0.1, 0.15) is 39.0 Å². The second kappa shape index (κ2) is 8.00. The number of hydrogen-bond acceptors (Lipinski definition) is 4. The van der Waals surface area contributed by atoms with Crippen molar-refractivity contribution < 1.29 is 32.2 Å². The first-order valence-electron chi connectivity index (χ1n) is 6.96. The highest BCUT2D eigenvalue weighted by molar-refractivity contribution is 6.00. The fraction of sp³-hybridized carbons (Fsp3) is 0.571. The predicted molar refractivity (Wildman–Crippen MR) is 75.4 cm³/mol. The van der Waals surface area contributed by atoms with E-state index < -0.39 is 24.7 Å². The highest BCUT2D eigenvalue weighted by Gasteiger charge is 2.27. The Morgan fingerprint density at radius 3 is 2.48 bits per heavy atom. The molecular weight excluding hydrogens is 317 g/mol. The number of aryl methyl sites for hydroxylation is 1. The number of carbonyl (C=O) groups is 2. The minimum atomic E-state index is -4.40. The fourth-order valence-electron chi connectivity index (χ4n) is 2.00. The number of nitrogens with one attached hydrogen (secondary N) is 2. The second-order valence-corrected chi connectivity index (χ2v) is 4.77. The van der Waals surface area contributed by atoms with Crippen molar-refractivity contribution in [3.05, 3.63) is 22.5 Å². The van der Waals surface area contributed by atoms with Crippen LogP contribution in [0, 0.1) is 13.8 Å². The van der Waals surface area contributed by atoms with Crippen molar-refractivity contribution in [1.29, 1.82) is 0 Å². The summed E-state index contributed by atoms with van der Waals surface area (Å²) in [5, 5.41) is 2.42. The molecular formula is C14H19F3N2O4. The third-order valence-corrected chi connectivity index (χ3v) is 2.94. The van der Waals surface area contributed by atoms with Gasteiger partial charge in [-0.2, -0.15) is 13.2 Å². The number of carbonyl (C=O) groups excluding carboxylic acids is 2. The maximum atomic E-state index is 12.0. The van der Waals surface area contributed by atoms with Crippen molar-refractivity contribution in [3.8, 4) is 0 Å². The van der Waals surface area contributed by atoms with Gasteiger partial charge in [0, 0.05) is 12.2 Å². The summed E-state index contributed by atoms with van der Waals surface area (Å²) in [5.41, 5.74) is 1.36. The number of H-pyrrole nitrogens is 1. The van der Waals surface area contributed by atoms with E-state index in [1.807, 2.05) is 0 Å². The lowest BCUT2D eigenvalue weighted by Crippen LogP contribution is -2.29. The maximum Gasteiger partial charge on any atom is 0.411 e. The van der Waals surface area contributed by atoms with E-state index in [2.05, 4.69) is 15.0 Å². The topological polar surface area (TPSA) is 80.4 Å². The lowest BCUT2D eigenvalue weighted by Gasteiger charge is -2.08. The van der Waals surface area contributed by atoms with Crippen LogP contribution in [0.2, 0.25) is 0 Å². The number of halogens is 3. The van der Waals surface area contributed by atoms with Crippen LogP contribution in [0.3, 0.4) is 0 Å². The minimum Gasteiger partial charge on any atom is -0.462 e. The molecule has 1 aromatic heterocycles. The number of esters is 1. The van der Waals surface area contributed by atoms with Crippen LogP contribution < -0.4 is 5.32 Å². The first-order chi connectivity index (χ1) is 10.7. The summed E-state index contributed by atoms with van der Waals surface area (Å²) in [4.78, 5) is 26.6. The molecule has 0 aliphatic heterocycles. The molecule has 23 heavy (non-hydrogen) atoms. The van der Waals surface area contributed by atoms with E-state index in [0.717, 1.165) is 0 Å². The molecule has 6 nitrogen and oxygen atoms in total. The maximum absolute atomic E-state index is 12.0.